The zero-order chi connectivity index (χ0) is 20.2. The largest absolute Gasteiger partial charge is 0.420 e. The maximum Gasteiger partial charge on any atom is 0.247 e. The molecule has 0 radical (unpaired) electrons. The highest BCUT2D eigenvalue weighted by atomic mass is 35.5. The fourth-order valence-corrected chi connectivity index (χ4v) is 3.96. The van der Waals surface area contributed by atoms with Crippen LogP contribution < -0.4 is 4.90 Å². The standard InChI is InChI=1S/C19H23ClN6O2S/c1-13(2)11-26-18(25-7-9-27-10-8-25)23-24-19(26)29-12-16-21-22-17(28-16)14-3-5-15(20)6-4-14/h3-6,13H,7-12H2,1-2H3. The average Bonchev–Trinajstić information content (AvgIpc) is 3.34. The van der Waals surface area contributed by atoms with Crippen molar-refractivity contribution in [3.8, 4) is 11.5 Å². The van der Waals surface area contributed by atoms with Crippen LogP contribution in [0, 0.1) is 5.92 Å². The highest BCUT2D eigenvalue weighted by Crippen LogP contribution is 2.28. The van der Waals surface area contributed by atoms with Crippen LogP contribution >= 0.6 is 23.4 Å². The summed E-state index contributed by atoms with van der Waals surface area (Å²) in [5.41, 5.74) is 0.843. The predicted octanol–water partition coefficient (Wildman–Crippen LogP) is 3.77. The number of thioether (sulfide) groups is 1. The molecule has 4 rings (SSSR count). The number of halogens is 1. The van der Waals surface area contributed by atoms with Gasteiger partial charge in [-0.25, -0.2) is 0 Å². The molecule has 2 aromatic heterocycles. The first kappa shape index (κ1) is 20.2. The van der Waals surface area contributed by atoms with Gasteiger partial charge in [0.05, 0.1) is 19.0 Å². The first-order chi connectivity index (χ1) is 14.1. The molecule has 0 unspecified atom stereocenters. The van der Waals surface area contributed by atoms with E-state index in [1.165, 1.54) is 0 Å². The molecule has 154 valence electrons. The maximum absolute atomic E-state index is 5.94. The highest BCUT2D eigenvalue weighted by Gasteiger charge is 2.21. The summed E-state index contributed by atoms with van der Waals surface area (Å²) in [7, 11) is 0. The fraction of sp³-hybridized carbons (Fsp3) is 0.474. The SMILES string of the molecule is CC(C)Cn1c(SCc2nnc(-c3ccc(Cl)cc3)o2)nnc1N1CCOCC1. The van der Waals surface area contributed by atoms with Gasteiger partial charge in [-0.2, -0.15) is 0 Å². The van der Waals surface area contributed by atoms with Gasteiger partial charge in [-0.1, -0.05) is 37.2 Å². The van der Waals surface area contributed by atoms with Gasteiger partial charge in [-0.3, -0.25) is 4.57 Å². The minimum atomic E-state index is 0.477. The molecule has 29 heavy (non-hydrogen) atoms. The minimum Gasteiger partial charge on any atom is -0.420 e. The summed E-state index contributed by atoms with van der Waals surface area (Å²) in [5.74, 6) is 2.93. The van der Waals surface area contributed by atoms with Gasteiger partial charge >= 0.3 is 0 Å². The molecule has 1 aliphatic rings. The summed E-state index contributed by atoms with van der Waals surface area (Å²) in [5, 5.41) is 18.7. The van der Waals surface area contributed by atoms with Gasteiger partial charge in [0.2, 0.25) is 17.7 Å². The van der Waals surface area contributed by atoms with Crippen molar-refractivity contribution in [2.45, 2.75) is 31.3 Å². The molecule has 0 atom stereocenters. The monoisotopic (exact) mass is 434 g/mol. The third-order valence-electron chi connectivity index (χ3n) is 4.42. The molecule has 1 aliphatic heterocycles. The van der Waals surface area contributed by atoms with E-state index >= 15 is 0 Å². The number of rotatable bonds is 7. The van der Waals surface area contributed by atoms with Gasteiger partial charge < -0.3 is 14.1 Å². The van der Waals surface area contributed by atoms with Crippen LogP contribution in [-0.2, 0) is 17.0 Å². The smallest absolute Gasteiger partial charge is 0.247 e. The van der Waals surface area contributed by atoms with Gasteiger partial charge in [0.15, 0.2) is 5.16 Å². The summed E-state index contributed by atoms with van der Waals surface area (Å²) < 4.78 is 13.4. The van der Waals surface area contributed by atoms with Crippen LogP contribution in [0.3, 0.4) is 0 Å². The van der Waals surface area contributed by atoms with E-state index in [0.29, 0.717) is 41.7 Å². The van der Waals surface area contributed by atoms with E-state index in [0.717, 1.165) is 36.3 Å². The zero-order valence-corrected chi connectivity index (χ0v) is 18.0. The second kappa shape index (κ2) is 9.15. The number of hydrogen-bond acceptors (Lipinski definition) is 8. The van der Waals surface area contributed by atoms with E-state index in [4.69, 9.17) is 20.8 Å². The predicted molar refractivity (Wildman–Crippen MR) is 112 cm³/mol. The average molecular weight is 435 g/mol. The molecule has 0 N–H and O–H groups in total. The molecular formula is C19H23ClN6O2S. The molecule has 1 aromatic carbocycles. The second-order valence-corrected chi connectivity index (χ2v) is 8.56. The molecule has 0 saturated carbocycles. The van der Waals surface area contributed by atoms with Crippen LogP contribution in [0.25, 0.3) is 11.5 Å². The molecule has 0 amide bonds. The highest BCUT2D eigenvalue weighted by molar-refractivity contribution is 7.98. The van der Waals surface area contributed by atoms with E-state index in [9.17, 15) is 0 Å². The Hall–Kier alpha value is -2.10. The Bertz CT molecular complexity index is 937. The molecule has 0 bridgehead atoms. The van der Waals surface area contributed by atoms with Gasteiger partial charge in [0, 0.05) is 30.2 Å². The van der Waals surface area contributed by atoms with Gasteiger partial charge in [-0.15, -0.1) is 20.4 Å². The Morgan fingerprint density at radius 3 is 2.55 bits per heavy atom. The Morgan fingerprint density at radius 1 is 1.07 bits per heavy atom. The second-order valence-electron chi connectivity index (χ2n) is 7.18. The van der Waals surface area contributed by atoms with Gasteiger partial charge in [0.25, 0.3) is 0 Å². The van der Waals surface area contributed by atoms with Crippen molar-refractivity contribution in [1.29, 1.82) is 0 Å². The quantitative estimate of drug-likeness (QED) is 0.520. The molecule has 0 spiro atoms. The Morgan fingerprint density at radius 2 is 1.83 bits per heavy atom. The molecule has 3 aromatic rings. The summed E-state index contributed by atoms with van der Waals surface area (Å²) in [6.45, 7) is 8.31. The minimum absolute atomic E-state index is 0.477. The van der Waals surface area contributed by atoms with E-state index in [1.54, 1.807) is 23.9 Å². The lowest BCUT2D eigenvalue weighted by Crippen LogP contribution is -2.38. The first-order valence-corrected chi connectivity index (χ1v) is 10.9. The summed E-state index contributed by atoms with van der Waals surface area (Å²) in [6.07, 6.45) is 0. The number of benzene rings is 1. The first-order valence-electron chi connectivity index (χ1n) is 9.57. The van der Waals surface area contributed by atoms with E-state index < -0.39 is 0 Å². The summed E-state index contributed by atoms with van der Waals surface area (Å²) in [4.78, 5) is 2.23. The van der Waals surface area contributed by atoms with E-state index in [2.05, 4.69) is 43.7 Å². The number of anilines is 1. The van der Waals surface area contributed by atoms with Crippen molar-refractivity contribution in [2.75, 3.05) is 31.2 Å². The fourth-order valence-electron chi connectivity index (χ4n) is 3.06. The molecule has 10 heteroatoms. The lowest BCUT2D eigenvalue weighted by Gasteiger charge is -2.28. The maximum atomic E-state index is 5.94. The van der Waals surface area contributed by atoms with Crippen LogP contribution in [0.1, 0.15) is 19.7 Å². The Balaban J connectivity index is 1.48. The van der Waals surface area contributed by atoms with Crippen molar-refractivity contribution in [3.63, 3.8) is 0 Å². The van der Waals surface area contributed by atoms with Crippen molar-refractivity contribution >= 4 is 29.3 Å². The molecule has 1 fully saturated rings. The van der Waals surface area contributed by atoms with Crippen molar-refractivity contribution < 1.29 is 9.15 Å². The van der Waals surface area contributed by atoms with Crippen LogP contribution in [0.2, 0.25) is 5.02 Å². The summed E-state index contributed by atoms with van der Waals surface area (Å²) in [6, 6.07) is 7.33. The number of aromatic nitrogens is 5. The number of ether oxygens (including phenoxy) is 1. The summed E-state index contributed by atoms with van der Waals surface area (Å²) >= 11 is 7.49. The third kappa shape index (κ3) is 4.91. The molecule has 0 aliphatic carbocycles. The Labute approximate surface area is 178 Å². The third-order valence-corrected chi connectivity index (χ3v) is 5.63. The number of nitrogens with zero attached hydrogens (tertiary/aromatic N) is 6. The number of hydrogen-bond donors (Lipinski definition) is 0. The zero-order valence-electron chi connectivity index (χ0n) is 16.4. The molecule has 3 heterocycles. The van der Waals surface area contributed by atoms with Crippen molar-refractivity contribution in [1.82, 2.24) is 25.0 Å². The van der Waals surface area contributed by atoms with Gasteiger partial charge in [-0.05, 0) is 30.2 Å². The van der Waals surface area contributed by atoms with Gasteiger partial charge in [0.1, 0.15) is 0 Å². The van der Waals surface area contributed by atoms with Crippen molar-refractivity contribution in [2.24, 2.45) is 5.92 Å². The molecular weight excluding hydrogens is 412 g/mol. The van der Waals surface area contributed by atoms with Crippen LogP contribution in [-0.4, -0.2) is 51.3 Å². The van der Waals surface area contributed by atoms with Crippen molar-refractivity contribution in [3.05, 3.63) is 35.2 Å². The van der Waals surface area contributed by atoms with Crippen LogP contribution in [0.4, 0.5) is 5.95 Å². The van der Waals surface area contributed by atoms with E-state index in [1.807, 2.05) is 12.1 Å². The van der Waals surface area contributed by atoms with E-state index in [-0.39, 0.29) is 0 Å². The topological polar surface area (TPSA) is 82.1 Å². The van der Waals surface area contributed by atoms with Crippen LogP contribution in [0.5, 0.6) is 0 Å². The lowest BCUT2D eigenvalue weighted by atomic mass is 10.2. The lowest BCUT2D eigenvalue weighted by molar-refractivity contribution is 0.121. The Kier molecular flexibility index (Phi) is 6.37. The molecule has 8 nitrogen and oxygen atoms in total. The molecule has 1 saturated heterocycles. The normalized spacial score (nSPS) is 14.7. The van der Waals surface area contributed by atoms with Crippen LogP contribution in [0.15, 0.2) is 33.8 Å². The number of morpholine rings is 1.